The SMILES string of the molecule is O=C1[C@H]2[C@H](Cc3ccccc3)N[C@@]3(C(=O)Nc4ccccc43)[C@@H]2C(=O)N1C1CCCCCC1. The van der Waals surface area contributed by atoms with Crippen molar-refractivity contribution in [3.05, 3.63) is 65.7 Å². The van der Waals surface area contributed by atoms with Crippen LogP contribution in [-0.2, 0) is 26.3 Å². The van der Waals surface area contributed by atoms with Gasteiger partial charge in [-0.05, 0) is 30.9 Å². The quantitative estimate of drug-likeness (QED) is 0.563. The Morgan fingerprint density at radius 2 is 1.55 bits per heavy atom. The molecule has 1 aliphatic carbocycles. The zero-order valence-corrected chi connectivity index (χ0v) is 18.6. The largest absolute Gasteiger partial charge is 0.324 e. The number of likely N-dealkylation sites (tertiary alicyclic amines) is 1. The van der Waals surface area contributed by atoms with Gasteiger partial charge in [-0.1, -0.05) is 74.2 Å². The van der Waals surface area contributed by atoms with Crippen LogP contribution in [0.5, 0.6) is 0 Å². The van der Waals surface area contributed by atoms with Crippen LogP contribution in [0, 0.1) is 11.8 Å². The molecule has 1 spiro atoms. The van der Waals surface area contributed by atoms with Gasteiger partial charge in [0.2, 0.25) is 17.7 Å². The van der Waals surface area contributed by atoms with E-state index < -0.39 is 17.4 Å². The maximum atomic E-state index is 14.0. The van der Waals surface area contributed by atoms with Gasteiger partial charge in [-0.2, -0.15) is 0 Å². The average Bonchev–Trinajstić information content (AvgIpc) is 3.28. The Hall–Kier alpha value is -2.99. The highest BCUT2D eigenvalue weighted by Gasteiger charge is 2.70. The predicted octanol–water partition coefficient (Wildman–Crippen LogP) is 3.37. The normalized spacial score (nSPS) is 31.6. The number of nitrogens with zero attached hydrogens (tertiary/aromatic N) is 1. The molecule has 3 aliphatic heterocycles. The lowest BCUT2D eigenvalue weighted by Gasteiger charge is -2.32. The van der Waals surface area contributed by atoms with E-state index in [1.165, 1.54) is 0 Å². The van der Waals surface area contributed by atoms with Crippen LogP contribution in [-0.4, -0.2) is 34.7 Å². The van der Waals surface area contributed by atoms with Gasteiger partial charge in [-0.15, -0.1) is 0 Å². The van der Waals surface area contributed by atoms with E-state index in [0.717, 1.165) is 55.3 Å². The molecule has 3 amide bonds. The smallest absolute Gasteiger partial charge is 0.250 e. The van der Waals surface area contributed by atoms with Gasteiger partial charge in [0.15, 0.2) is 0 Å². The highest BCUT2D eigenvalue weighted by molar-refractivity contribution is 6.15. The Kier molecular flexibility index (Phi) is 4.87. The van der Waals surface area contributed by atoms with Crippen LogP contribution < -0.4 is 10.6 Å². The van der Waals surface area contributed by atoms with E-state index in [0.29, 0.717) is 6.42 Å². The minimum Gasteiger partial charge on any atom is -0.324 e. The lowest BCUT2D eigenvalue weighted by atomic mass is 9.76. The highest BCUT2D eigenvalue weighted by atomic mass is 16.2. The van der Waals surface area contributed by atoms with Gasteiger partial charge >= 0.3 is 0 Å². The second kappa shape index (κ2) is 7.80. The Labute approximate surface area is 193 Å². The van der Waals surface area contributed by atoms with Gasteiger partial charge in [0.1, 0.15) is 5.54 Å². The summed E-state index contributed by atoms with van der Waals surface area (Å²) in [6, 6.07) is 17.2. The lowest BCUT2D eigenvalue weighted by molar-refractivity contribution is -0.145. The summed E-state index contributed by atoms with van der Waals surface area (Å²) >= 11 is 0. The van der Waals surface area contributed by atoms with Crippen LogP contribution in [0.2, 0.25) is 0 Å². The third kappa shape index (κ3) is 3.00. The standard InChI is InChI=1S/C27H29N3O3/c31-24-22-21(16-17-10-4-3-5-11-17)29-27(19-14-8-9-15-20(19)28-26(27)33)23(22)25(32)30(24)18-12-6-1-2-7-13-18/h3-5,8-11,14-15,18,21-23,29H,1-2,6-7,12-13,16H2,(H,28,33)/t21-,22-,23-,27+/m0/s1. The van der Waals surface area contributed by atoms with Gasteiger partial charge in [-0.25, -0.2) is 0 Å². The summed E-state index contributed by atoms with van der Waals surface area (Å²) in [5.74, 6) is -1.76. The van der Waals surface area contributed by atoms with Crippen LogP contribution in [0.15, 0.2) is 54.6 Å². The van der Waals surface area contributed by atoms with E-state index in [-0.39, 0.29) is 29.8 Å². The second-order valence-corrected chi connectivity index (χ2v) is 9.94. The van der Waals surface area contributed by atoms with Crippen molar-refractivity contribution >= 4 is 23.4 Å². The Morgan fingerprint density at radius 3 is 2.30 bits per heavy atom. The summed E-state index contributed by atoms with van der Waals surface area (Å²) in [6.07, 6.45) is 6.70. The van der Waals surface area contributed by atoms with Crippen molar-refractivity contribution in [2.24, 2.45) is 11.8 Å². The topological polar surface area (TPSA) is 78.5 Å². The van der Waals surface area contributed by atoms with Crippen molar-refractivity contribution in [1.82, 2.24) is 10.2 Å². The summed E-state index contributed by atoms with van der Waals surface area (Å²) in [5.41, 5.74) is 1.39. The van der Waals surface area contributed by atoms with Crippen LogP contribution in [0.1, 0.15) is 49.7 Å². The number of imide groups is 1. The van der Waals surface area contributed by atoms with Crippen molar-refractivity contribution in [1.29, 1.82) is 0 Å². The predicted molar refractivity (Wildman–Crippen MR) is 124 cm³/mol. The number of anilines is 1. The molecule has 33 heavy (non-hydrogen) atoms. The Balaban J connectivity index is 1.45. The molecule has 4 atom stereocenters. The number of carbonyl (C=O) groups excluding carboxylic acids is 3. The molecule has 6 rings (SSSR count). The molecule has 0 unspecified atom stereocenters. The third-order valence-electron chi connectivity index (χ3n) is 8.14. The first-order valence-electron chi connectivity index (χ1n) is 12.2. The molecule has 2 saturated heterocycles. The average molecular weight is 444 g/mol. The van der Waals surface area contributed by atoms with E-state index in [4.69, 9.17) is 0 Å². The maximum Gasteiger partial charge on any atom is 0.250 e. The monoisotopic (exact) mass is 443 g/mol. The number of carbonyl (C=O) groups is 3. The molecule has 6 heteroatoms. The van der Waals surface area contributed by atoms with Gasteiger partial charge in [-0.3, -0.25) is 24.6 Å². The van der Waals surface area contributed by atoms with Gasteiger partial charge in [0.05, 0.1) is 11.8 Å². The number of hydrogen-bond donors (Lipinski definition) is 2. The van der Waals surface area contributed by atoms with Gasteiger partial charge < -0.3 is 5.32 Å². The number of fused-ring (bicyclic) bond motifs is 4. The molecule has 6 nitrogen and oxygen atoms in total. The third-order valence-corrected chi connectivity index (χ3v) is 8.14. The van der Waals surface area contributed by atoms with Crippen molar-refractivity contribution in [3.63, 3.8) is 0 Å². The fourth-order valence-corrected chi connectivity index (χ4v) is 6.70. The molecule has 3 heterocycles. The first-order valence-corrected chi connectivity index (χ1v) is 12.2. The number of rotatable bonds is 3. The van der Waals surface area contributed by atoms with Crippen molar-refractivity contribution in [2.45, 2.75) is 62.6 Å². The van der Waals surface area contributed by atoms with Crippen LogP contribution >= 0.6 is 0 Å². The first kappa shape index (κ1) is 20.6. The second-order valence-electron chi connectivity index (χ2n) is 9.94. The Bertz CT molecular complexity index is 1110. The fraction of sp³-hybridized carbons (Fsp3) is 0.444. The number of amides is 3. The summed E-state index contributed by atoms with van der Waals surface area (Å²) in [5, 5.41) is 6.52. The zero-order chi connectivity index (χ0) is 22.6. The van der Waals surface area contributed by atoms with Crippen LogP contribution in [0.3, 0.4) is 0 Å². The van der Waals surface area contributed by atoms with Crippen LogP contribution in [0.25, 0.3) is 0 Å². The maximum absolute atomic E-state index is 14.0. The zero-order valence-electron chi connectivity index (χ0n) is 18.6. The van der Waals surface area contributed by atoms with Crippen molar-refractivity contribution < 1.29 is 14.4 Å². The van der Waals surface area contributed by atoms with E-state index in [9.17, 15) is 14.4 Å². The number of nitrogens with one attached hydrogen (secondary N) is 2. The molecule has 170 valence electrons. The fourth-order valence-electron chi connectivity index (χ4n) is 6.70. The summed E-state index contributed by atoms with van der Waals surface area (Å²) in [4.78, 5) is 43.0. The molecule has 0 aromatic heterocycles. The highest BCUT2D eigenvalue weighted by Crippen LogP contribution is 2.53. The van der Waals surface area contributed by atoms with E-state index in [2.05, 4.69) is 10.6 Å². The van der Waals surface area contributed by atoms with Crippen LogP contribution in [0.4, 0.5) is 5.69 Å². The molecule has 2 aromatic carbocycles. The molecule has 1 saturated carbocycles. The lowest BCUT2D eigenvalue weighted by Crippen LogP contribution is -2.54. The molecule has 0 radical (unpaired) electrons. The molecular weight excluding hydrogens is 414 g/mol. The molecule has 0 bridgehead atoms. The van der Waals surface area contributed by atoms with Crippen molar-refractivity contribution in [3.8, 4) is 0 Å². The number of hydrogen-bond acceptors (Lipinski definition) is 4. The van der Waals surface area contributed by atoms with Gasteiger partial charge in [0, 0.05) is 23.3 Å². The van der Waals surface area contributed by atoms with Gasteiger partial charge in [0.25, 0.3) is 0 Å². The molecular formula is C27H29N3O3. The minimum absolute atomic E-state index is 0.0489. The molecule has 3 fully saturated rings. The minimum atomic E-state index is -1.20. The number of benzene rings is 2. The van der Waals surface area contributed by atoms with E-state index in [1.807, 2.05) is 54.6 Å². The molecule has 2 aromatic rings. The Morgan fingerprint density at radius 1 is 0.848 bits per heavy atom. The van der Waals surface area contributed by atoms with E-state index >= 15 is 0 Å². The van der Waals surface area contributed by atoms with Crippen molar-refractivity contribution in [2.75, 3.05) is 5.32 Å². The molecule has 2 N–H and O–H groups in total. The summed E-state index contributed by atoms with van der Waals surface area (Å²) in [6.45, 7) is 0. The number of para-hydroxylation sites is 1. The summed E-state index contributed by atoms with van der Waals surface area (Å²) < 4.78 is 0. The molecule has 4 aliphatic rings. The first-order chi connectivity index (χ1) is 16.1. The summed E-state index contributed by atoms with van der Waals surface area (Å²) in [7, 11) is 0. The van der Waals surface area contributed by atoms with E-state index in [1.54, 1.807) is 4.90 Å².